The van der Waals surface area contributed by atoms with Gasteiger partial charge < -0.3 is 4.57 Å². The largest absolute Gasteiger partial charge is 0.434 e. The molecule has 0 fully saturated rings. The number of benzene rings is 1. The summed E-state index contributed by atoms with van der Waals surface area (Å²) in [6.45, 7) is 4.13. The Labute approximate surface area is 145 Å². The van der Waals surface area contributed by atoms with Crippen molar-refractivity contribution in [3.05, 3.63) is 41.7 Å². The summed E-state index contributed by atoms with van der Waals surface area (Å²) in [7, 11) is 0. The fourth-order valence-corrected chi connectivity index (χ4v) is 2.03. The van der Waals surface area contributed by atoms with Crippen LogP contribution in [0.15, 0.2) is 30.5 Å². The van der Waals surface area contributed by atoms with Gasteiger partial charge in [-0.25, -0.2) is 4.98 Å². The monoisotopic (exact) mass is 370 g/mol. The lowest BCUT2D eigenvalue weighted by Gasteiger charge is -2.11. The number of hydrogen-bond acceptors (Lipinski definition) is 3. The molecule has 0 unspecified atom stereocenters. The molecule has 0 radical (unpaired) electrons. The predicted molar refractivity (Wildman–Crippen MR) is 88.6 cm³/mol. The number of imidazole rings is 1. The van der Waals surface area contributed by atoms with Crippen LogP contribution in [-0.2, 0) is 12.7 Å². The molecule has 0 saturated heterocycles. The van der Waals surface area contributed by atoms with E-state index in [0.29, 0.717) is 17.9 Å². The molecule has 0 spiro atoms. The first-order chi connectivity index (χ1) is 9.82. The van der Waals surface area contributed by atoms with Crippen molar-refractivity contribution >= 4 is 24.8 Å². The van der Waals surface area contributed by atoms with E-state index in [2.05, 4.69) is 10.4 Å². The number of hydrazine groups is 1. The van der Waals surface area contributed by atoms with Gasteiger partial charge in [-0.3, -0.25) is 11.3 Å². The third kappa shape index (κ3) is 5.10. The average molecular weight is 371 g/mol. The number of rotatable bonds is 4. The fraction of sp³-hybridized carbons (Fsp3) is 0.357. The molecule has 1 aromatic carbocycles. The van der Waals surface area contributed by atoms with Crippen LogP contribution in [0, 0.1) is 0 Å². The summed E-state index contributed by atoms with van der Waals surface area (Å²) < 4.78 is 40.0. The first-order valence-electron chi connectivity index (χ1n) is 6.51. The van der Waals surface area contributed by atoms with Gasteiger partial charge >= 0.3 is 6.18 Å². The summed E-state index contributed by atoms with van der Waals surface area (Å²) in [5.41, 5.74) is 3.23. The second-order valence-electron chi connectivity index (χ2n) is 5.03. The number of hydrogen-bond donors (Lipinski definition) is 2. The Hall–Kier alpha value is -1.28. The van der Waals surface area contributed by atoms with E-state index in [1.54, 1.807) is 12.1 Å². The van der Waals surface area contributed by atoms with Crippen LogP contribution in [0.4, 0.5) is 13.2 Å². The molecule has 0 saturated carbocycles. The van der Waals surface area contributed by atoms with Crippen LogP contribution in [0.2, 0.25) is 0 Å². The Balaban J connectivity index is 0.00000242. The maximum atomic E-state index is 12.8. The lowest BCUT2D eigenvalue weighted by Crippen LogP contribution is -2.20. The molecule has 9 heteroatoms. The van der Waals surface area contributed by atoms with E-state index in [-0.39, 0.29) is 30.9 Å². The van der Waals surface area contributed by atoms with Crippen LogP contribution >= 0.6 is 24.8 Å². The number of alkyl halides is 3. The van der Waals surface area contributed by atoms with Gasteiger partial charge in [0.25, 0.3) is 0 Å². The van der Waals surface area contributed by atoms with Crippen molar-refractivity contribution < 1.29 is 13.2 Å². The molecule has 4 nitrogen and oxygen atoms in total. The molecule has 1 heterocycles. The number of nitrogens with one attached hydrogen (secondary N) is 1. The Morgan fingerprint density at radius 2 is 1.74 bits per heavy atom. The van der Waals surface area contributed by atoms with E-state index in [0.717, 1.165) is 11.8 Å². The minimum Gasteiger partial charge on any atom is -0.328 e. The first-order valence-corrected chi connectivity index (χ1v) is 6.51. The Morgan fingerprint density at radius 3 is 2.17 bits per heavy atom. The highest BCUT2D eigenvalue weighted by Gasteiger charge is 2.35. The van der Waals surface area contributed by atoms with Gasteiger partial charge in [0.05, 0.1) is 0 Å². The molecule has 130 valence electrons. The molecule has 3 N–H and O–H groups in total. The third-order valence-corrected chi connectivity index (χ3v) is 3.10. The summed E-state index contributed by atoms with van der Waals surface area (Å²) in [4.78, 5) is 3.75. The third-order valence-electron chi connectivity index (χ3n) is 3.10. The van der Waals surface area contributed by atoms with Crippen LogP contribution in [0.25, 0.3) is 11.4 Å². The fourth-order valence-electron chi connectivity index (χ4n) is 2.03. The minimum absolute atomic E-state index is 0. The molecule has 1 aromatic heterocycles. The van der Waals surface area contributed by atoms with E-state index in [1.165, 1.54) is 4.57 Å². The van der Waals surface area contributed by atoms with Crippen LogP contribution in [-0.4, -0.2) is 9.55 Å². The zero-order valence-electron chi connectivity index (χ0n) is 12.6. The standard InChI is InChI=1S/C14H17F3N4.2ClH/c1-9(2)21-8-12(14(15,16)17)20-13(21)11-5-3-10(4-6-11)7-19-18;;/h3-6,8-9,19H,7,18H2,1-2H3;2*1H. The summed E-state index contributed by atoms with van der Waals surface area (Å²) in [5.74, 6) is 5.54. The molecule has 2 aromatic rings. The number of aromatic nitrogens is 2. The van der Waals surface area contributed by atoms with Gasteiger partial charge in [-0.1, -0.05) is 24.3 Å². The van der Waals surface area contributed by atoms with Crippen molar-refractivity contribution in [2.24, 2.45) is 5.84 Å². The summed E-state index contributed by atoms with van der Waals surface area (Å²) >= 11 is 0. The zero-order chi connectivity index (χ0) is 15.6. The lowest BCUT2D eigenvalue weighted by molar-refractivity contribution is -0.140. The van der Waals surface area contributed by atoms with Crippen LogP contribution in [0.1, 0.15) is 31.1 Å². The van der Waals surface area contributed by atoms with E-state index < -0.39 is 11.9 Å². The van der Waals surface area contributed by atoms with Gasteiger partial charge in [0.1, 0.15) is 5.82 Å². The van der Waals surface area contributed by atoms with E-state index >= 15 is 0 Å². The van der Waals surface area contributed by atoms with Crippen LogP contribution in [0.5, 0.6) is 0 Å². The maximum Gasteiger partial charge on any atom is 0.434 e. The maximum absolute atomic E-state index is 12.8. The van der Waals surface area contributed by atoms with Crippen molar-refractivity contribution in [3.8, 4) is 11.4 Å². The molecule has 0 aliphatic carbocycles. The second kappa shape index (κ2) is 8.54. The highest BCUT2D eigenvalue weighted by atomic mass is 35.5. The smallest absolute Gasteiger partial charge is 0.328 e. The summed E-state index contributed by atoms with van der Waals surface area (Å²) in [5, 5.41) is 0. The van der Waals surface area contributed by atoms with Gasteiger partial charge in [0, 0.05) is 24.3 Å². The SMILES string of the molecule is CC(C)n1cc(C(F)(F)F)nc1-c1ccc(CNN)cc1.Cl.Cl. The van der Waals surface area contributed by atoms with Crippen molar-refractivity contribution in [2.75, 3.05) is 0 Å². The van der Waals surface area contributed by atoms with E-state index in [9.17, 15) is 13.2 Å². The zero-order valence-corrected chi connectivity index (χ0v) is 14.2. The summed E-state index contributed by atoms with van der Waals surface area (Å²) in [6, 6.07) is 6.99. The number of nitrogens with two attached hydrogens (primary N) is 1. The van der Waals surface area contributed by atoms with Gasteiger partial charge in [0.15, 0.2) is 5.69 Å². The van der Waals surface area contributed by atoms with Gasteiger partial charge in [-0.05, 0) is 19.4 Å². The number of halogens is 5. The van der Waals surface area contributed by atoms with Crippen LogP contribution in [0.3, 0.4) is 0 Å². The second-order valence-corrected chi connectivity index (χ2v) is 5.03. The molecule has 0 aliphatic rings. The van der Waals surface area contributed by atoms with Gasteiger partial charge in [-0.15, -0.1) is 24.8 Å². The molecule has 0 bridgehead atoms. The van der Waals surface area contributed by atoms with Crippen molar-refractivity contribution in [1.82, 2.24) is 15.0 Å². The Kier molecular flexibility index (Phi) is 8.06. The molecule has 0 atom stereocenters. The van der Waals surface area contributed by atoms with Gasteiger partial charge in [0.2, 0.25) is 0 Å². The molecular formula is C14H19Cl2F3N4. The quantitative estimate of drug-likeness (QED) is 0.632. The van der Waals surface area contributed by atoms with E-state index in [4.69, 9.17) is 5.84 Å². The first kappa shape index (κ1) is 21.7. The Bertz CT molecular complexity index is 609. The lowest BCUT2D eigenvalue weighted by atomic mass is 10.1. The molecule has 23 heavy (non-hydrogen) atoms. The molecule has 0 aliphatic heterocycles. The predicted octanol–water partition coefficient (Wildman–Crippen LogP) is 3.96. The normalized spacial score (nSPS) is 11.1. The van der Waals surface area contributed by atoms with Crippen molar-refractivity contribution in [3.63, 3.8) is 0 Å². The molecule has 2 rings (SSSR count). The highest BCUT2D eigenvalue weighted by molar-refractivity contribution is 5.85. The Morgan fingerprint density at radius 1 is 1.17 bits per heavy atom. The molecular weight excluding hydrogens is 352 g/mol. The van der Waals surface area contributed by atoms with Crippen molar-refractivity contribution in [1.29, 1.82) is 0 Å². The summed E-state index contributed by atoms with van der Waals surface area (Å²) in [6.07, 6.45) is -3.40. The topological polar surface area (TPSA) is 55.9 Å². The highest BCUT2D eigenvalue weighted by Crippen LogP contribution is 2.32. The molecule has 0 amide bonds. The van der Waals surface area contributed by atoms with Crippen molar-refractivity contribution in [2.45, 2.75) is 32.6 Å². The average Bonchev–Trinajstić information content (AvgIpc) is 2.85. The number of nitrogens with zero attached hydrogens (tertiary/aromatic N) is 2. The minimum atomic E-state index is -4.45. The van der Waals surface area contributed by atoms with Crippen LogP contribution < -0.4 is 11.3 Å². The van der Waals surface area contributed by atoms with Gasteiger partial charge in [-0.2, -0.15) is 13.2 Å². The van der Waals surface area contributed by atoms with E-state index in [1.807, 2.05) is 26.0 Å².